The summed E-state index contributed by atoms with van der Waals surface area (Å²) in [5.41, 5.74) is 3.54. The number of aromatic nitrogens is 3. The Morgan fingerprint density at radius 2 is 1.81 bits per heavy atom. The van der Waals surface area contributed by atoms with Gasteiger partial charge >= 0.3 is 0 Å². The van der Waals surface area contributed by atoms with Gasteiger partial charge in [-0.15, -0.1) is 0 Å². The monoisotopic (exact) mass is 432 g/mol. The zero-order chi connectivity index (χ0) is 21.9. The Morgan fingerprint density at radius 3 is 2.66 bits per heavy atom. The minimum Gasteiger partial charge on any atom is -0.495 e. The summed E-state index contributed by atoms with van der Waals surface area (Å²) in [5, 5.41) is 0. The number of hydrogen-bond donors (Lipinski definition) is 0. The number of nitrogens with zero attached hydrogens (tertiary/aromatic N) is 6. The van der Waals surface area contributed by atoms with E-state index in [0.717, 1.165) is 74.8 Å². The highest BCUT2D eigenvalue weighted by atomic mass is 16.5. The van der Waals surface area contributed by atoms with Gasteiger partial charge in [0.05, 0.1) is 30.6 Å². The summed E-state index contributed by atoms with van der Waals surface area (Å²) >= 11 is 0. The lowest BCUT2D eigenvalue weighted by molar-refractivity contribution is -0.136. The summed E-state index contributed by atoms with van der Waals surface area (Å²) in [7, 11) is 1.70. The number of piperazine rings is 1. The van der Waals surface area contributed by atoms with E-state index in [2.05, 4.69) is 30.8 Å². The highest BCUT2D eigenvalue weighted by molar-refractivity contribution is 5.81. The van der Waals surface area contributed by atoms with Gasteiger partial charge in [-0.3, -0.25) is 9.78 Å². The van der Waals surface area contributed by atoms with Gasteiger partial charge in [0.1, 0.15) is 11.3 Å². The van der Waals surface area contributed by atoms with Crippen LogP contribution in [0.2, 0.25) is 0 Å². The standard InChI is InChI=1S/C24H28N6O2/c1-32-22-7-3-2-6-21(22)28-11-13-29(14-12-28)24(31)18-5-4-10-30(17-18)19-15-20-23(27-16-19)26-9-8-25-20/h2-3,6-9,15-16,18H,4-5,10-14,17H2,1H3/t18-/m0/s1. The van der Waals surface area contributed by atoms with E-state index in [0.29, 0.717) is 5.65 Å². The number of anilines is 2. The fraction of sp³-hybridized carbons (Fsp3) is 0.417. The molecule has 3 aromatic rings. The van der Waals surface area contributed by atoms with Crippen LogP contribution in [0.5, 0.6) is 5.75 Å². The summed E-state index contributed by atoms with van der Waals surface area (Å²) in [4.78, 5) is 33.0. The molecule has 4 heterocycles. The van der Waals surface area contributed by atoms with Crippen molar-refractivity contribution in [3.05, 3.63) is 48.9 Å². The Hall–Kier alpha value is -3.42. The van der Waals surface area contributed by atoms with Crippen LogP contribution in [-0.4, -0.2) is 72.1 Å². The van der Waals surface area contributed by atoms with Crippen LogP contribution < -0.4 is 14.5 Å². The molecular weight excluding hydrogens is 404 g/mol. The maximum absolute atomic E-state index is 13.3. The maximum Gasteiger partial charge on any atom is 0.227 e. The van der Waals surface area contributed by atoms with Crippen molar-refractivity contribution < 1.29 is 9.53 Å². The zero-order valence-corrected chi connectivity index (χ0v) is 18.4. The smallest absolute Gasteiger partial charge is 0.227 e. The van der Waals surface area contributed by atoms with Crippen LogP contribution in [0.1, 0.15) is 12.8 Å². The van der Waals surface area contributed by atoms with Gasteiger partial charge in [0.25, 0.3) is 0 Å². The van der Waals surface area contributed by atoms with E-state index < -0.39 is 0 Å². The molecule has 8 heteroatoms. The molecule has 5 rings (SSSR count). The molecule has 8 nitrogen and oxygen atoms in total. The second-order valence-corrected chi connectivity index (χ2v) is 8.36. The highest BCUT2D eigenvalue weighted by Crippen LogP contribution is 2.29. The van der Waals surface area contributed by atoms with Crippen molar-refractivity contribution in [2.24, 2.45) is 5.92 Å². The van der Waals surface area contributed by atoms with E-state index in [1.165, 1.54) is 0 Å². The summed E-state index contributed by atoms with van der Waals surface area (Å²) in [6, 6.07) is 10.1. The third-order valence-corrected chi connectivity index (χ3v) is 6.46. The number of methoxy groups -OCH3 is 1. The summed E-state index contributed by atoms with van der Waals surface area (Å²) < 4.78 is 5.51. The molecule has 166 valence electrons. The number of amides is 1. The second-order valence-electron chi connectivity index (χ2n) is 8.36. The van der Waals surface area contributed by atoms with Crippen LogP contribution in [0, 0.1) is 5.92 Å². The first-order chi connectivity index (χ1) is 15.7. The summed E-state index contributed by atoms with van der Waals surface area (Å²) in [6.45, 7) is 4.75. The average molecular weight is 433 g/mol. The Labute approximate surface area is 187 Å². The number of benzene rings is 1. The van der Waals surface area contributed by atoms with Gasteiger partial charge in [0.15, 0.2) is 5.65 Å². The molecule has 0 bridgehead atoms. The SMILES string of the molecule is COc1ccccc1N1CCN(C(=O)[C@H]2CCCN(c3cnc4nccnc4c3)C2)CC1. The predicted molar refractivity (Wildman–Crippen MR) is 124 cm³/mol. The topological polar surface area (TPSA) is 74.7 Å². The average Bonchev–Trinajstić information content (AvgIpc) is 2.88. The van der Waals surface area contributed by atoms with Gasteiger partial charge in [-0.2, -0.15) is 0 Å². The highest BCUT2D eigenvalue weighted by Gasteiger charge is 2.31. The van der Waals surface area contributed by atoms with E-state index >= 15 is 0 Å². The van der Waals surface area contributed by atoms with Gasteiger partial charge in [-0.1, -0.05) is 12.1 Å². The molecule has 1 amide bonds. The minimum absolute atomic E-state index is 0.0131. The van der Waals surface area contributed by atoms with Gasteiger partial charge in [0.2, 0.25) is 5.91 Å². The third kappa shape index (κ3) is 4.04. The van der Waals surface area contributed by atoms with E-state index in [1.54, 1.807) is 19.5 Å². The van der Waals surface area contributed by atoms with Crippen LogP contribution in [0.15, 0.2) is 48.9 Å². The molecule has 2 aliphatic rings. The number of pyridine rings is 1. The molecule has 0 spiro atoms. The number of carbonyl (C=O) groups excluding carboxylic acids is 1. The quantitative estimate of drug-likeness (QED) is 0.627. The molecule has 0 aliphatic carbocycles. The first-order valence-corrected chi connectivity index (χ1v) is 11.2. The number of para-hydroxylation sites is 2. The van der Waals surface area contributed by atoms with Crippen molar-refractivity contribution in [1.29, 1.82) is 0 Å². The molecule has 0 N–H and O–H groups in total. The largest absolute Gasteiger partial charge is 0.495 e. The van der Waals surface area contributed by atoms with E-state index in [9.17, 15) is 4.79 Å². The van der Waals surface area contributed by atoms with Crippen LogP contribution >= 0.6 is 0 Å². The molecule has 2 aromatic heterocycles. The molecule has 32 heavy (non-hydrogen) atoms. The fourth-order valence-electron chi connectivity index (χ4n) is 4.75. The van der Waals surface area contributed by atoms with Crippen LogP contribution in [0.25, 0.3) is 11.2 Å². The van der Waals surface area contributed by atoms with Crippen molar-refractivity contribution in [3.8, 4) is 5.75 Å². The van der Waals surface area contributed by atoms with Gasteiger partial charge < -0.3 is 19.4 Å². The molecule has 2 aliphatic heterocycles. The van der Waals surface area contributed by atoms with Crippen LogP contribution in [-0.2, 0) is 4.79 Å². The number of hydrogen-bond acceptors (Lipinski definition) is 7. The van der Waals surface area contributed by atoms with Crippen LogP contribution in [0.4, 0.5) is 11.4 Å². The number of carbonyl (C=O) groups is 1. The van der Waals surface area contributed by atoms with Crippen molar-refractivity contribution in [1.82, 2.24) is 19.9 Å². The van der Waals surface area contributed by atoms with Crippen molar-refractivity contribution in [2.75, 3.05) is 56.2 Å². The Morgan fingerprint density at radius 1 is 1.00 bits per heavy atom. The Kier molecular flexibility index (Phi) is 5.75. The number of piperidine rings is 1. The van der Waals surface area contributed by atoms with Crippen molar-refractivity contribution >= 4 is 28.4 Å². The molecule has 0 unspecified atom stereocenters. The fourth-order valence-corrected chi connectivity index (χ4v) is 4.75. The number of fused-ring (bicyclic) bond motifs is 1. The normalized spacial score (nSPS) is 19.3. The lowest BCUT2D eigenvalue weighted by Crippen LogP contribution is -2.52. The lowest BCUT2D eigenvalue weighted by Gasteiger charge is -2.40. The van der Waals surface area contributed by atoms with Gasteiger partial charge in [-0.25, -0.2) is 9.97 Å². The molecule has 1 aromatic carbocycles. The molecular formula is C24H28N6O2. The molecule has 0 radical (unpaired) electrons. The predicted octanol–water partition coefficient (Wildman–Crippen LogP) is 2.60. The van der Waals surface area contributed by atoms with Crippen molar-refractivity contribution in [2.45, 2.75) is 12.8 Å². The minimum atomic E-state index is 0.0131. The van der Waals surface area contributed by atoms with Gasteiger partial charge in [-0.05, 0) is 31.0 Å². The van der Waals surface area contributed by atoms with E-state index in [-0.39, 0.29) is 11.8 Å². The second kappa shape index (κ2) is 8.98. The number of ether oxygens (including phenoxy) is 1. The first-order valence-electron chi connectivity index (χ1n) is 11.2. The van der Waals surface area contributed by atoms with Gasteiger partial charge in [0, 0.05) is 51.7 Å². The molecule has 0 saturated carbocycles. The molecule has 1 atom stereocenters. The lowest BCUT2D eigenvalue weighted by atomic mass is 9.95. The zero-order valence-electron chi connectivity index (χ0n) is 18.4. The number of rotatable bonds is 4. The first kappa shape index (κ1) is 20.5. The summed E-state index contributed by atoms with van der Waals surface area (Å²) in [5.74, 6) is 1.16. The van der Waals surface area contributed by atoms with E-state index in [1.807, 2.05) is 35.4 Å². The molecule has 2 saturated heterocycles. The molecule has 2 fully saturated rings. The Balaban J connectivity index is 1.23. The van der Waals surface area contributed by atoms with E-state index in [4.69, 9.17) is 4.74 Å². The summed E-state index contributed by atoms with van der Waals surface area (Å²) in [6.07, 6.45) is 7.11. The Bertz CT molecular complexity index is 1100. The van der Waals surface area contributed by atoms with Crippen molar-refractivity contribution in [3.63, 3.8) is 0 Å². The maximum atomic E-state index is 13.3. The third-order valence-electron chi connectivity index (χ3n) is 6.46. The van der Waals surface area contributed by atoms with Crippen LogP contribution in [0.3, 0.4) is 0 Å².